The van der Waals surface area contributed by atoms with Crippen LogP contribution in [0.5, 0.6) is 0 Å². The maximum absolute atomic E-state index is 13.0. The van der Waals surface area contributed by atoms with Gasteiger partial charge in [-0.05, 0) is 44.1 Å². The molecule has 1 unspecified atom stereocenters. The number of carbonyl (C=O) groups excluding carboxylic acids is 1. The largest absolute Gasteiger partial charge is 0.349 e. The number of fused-ring (bicyclic) bond motifs is 1. The summed E-state index contributed by atoms with van der Waals surface area (Å²) < 4.78 is 1.77. The average molecular weight is 450 g/mol. The summed E-state index contributed by atoms with van der Waals surface area (Å²) in [6.07, 6.45) is 6.41. The second-order valence-corrected chi connectivity index (χ2v) is 9.15. The Hall–Kier alpha value is -3.43. The molecule has 1 atom stereocenters. The van der Waals surface area contributed by atoms with Crippen LogP contribution in [0.25, 0.3) is 0 Å². The number of H-pyrrole nitrogens is 1. The Bertz CT molecular complexity index is 1150. The van der Waals surface area contributed by atoms with E-state index < -0.39 is 0 Å². The topological polar surface area (TPSA) is 117 Å². The zero-order valence-corrected chi connectivity index (χ0v) is 19.4. The van der Waals surface area contributed by atoms with Gasteiger partial charge in [-0.25, -0.2) is 4.98 Å². The molecular formula is C23H31N9O. The lowest BCUT2D eigenvalue weighted by atomic mass is 10.1. The van der Waals surface area contributed by atoms with Crippen LogP contribution in [0.15, 0.2) is 18.3 Å². The Labute approximate surface area is 193 Å². The molecule has 0 saturated carbocycles. The van der Waals surface area contributed by atoms with E-state index in [0.717, 1.165) is 72.9 Å². The minimum atomic E-state index is -0.275. The van der Waals surface area contributed by atoms with Crippen molar-refractivity contribution in [1.29, 1.82) is 0 Å². The molecule has 0 aromatic carbocycles. The number of rotatable bonds is 7. The zero-order chi connectivity index (χ0) is 22.9. The van der Waals surface area contributed by atoms with Crippen LogP contribution in [-0.4, -0.2) is 48.4 Å². The van der Waals surface area contributed by atoms with Crippen LogP contribution in [0.4, 0.5) is 17.6 Å². The summed E-state index contributed by atoms with van der Waals surface area (Å²) >= 11 is 0. The molecule has 33 heavy (non-hydrogen) atoms. The van der Waals surface area contributed by atoms with Crippen LogP contribution in [0.2, 0.25) is 0 Å². The number of hydrogen-bond acceptors (Lipinski definition) is 7. The summed E-state index contributed by atoms with van der Waals surface area (Å²) in [7, 11) is 1.87. The highest BCUT2D eigenvalue weighted by atomic mass is 16.2. The summed E-state index contributed by atoms with van der Waals surface area (Å²) in [5.74, 6) is 2.55. The van der Waals surface area contributed by atoms with E-state index >= 15 is 0 Å². The molecule has 3 N–H and O–H groups in total. The number of carbonyl (C=O) groups is 1. The van der Waals surface area contributed by atoms with Crippen molar-refractivity contribution in [2.24, 2.45) is 7.05 Å². The molecule has 0 spiro atoms. The van der Waals surface area contributed by atoms with Gasteiger partial charge in [-0.15, -0.1) is 0 Å². The van der Waals surface area contributed by atoms with Gasteiger partial charge in [0.1, 0.15) is 11.9 Å². The summed E-state index contributed by atoms with van der Waals surface area (Å²) in [6, 6.07) is 3.66. The van der Waals surface area contributed by atoms with E-state index in [1.54, 1.807) is 10.9 Å². The van der Waals surface area contributed by atoms with Crippen molar-refractivity contribution in [3.05, 3.63) is 41.0 Å². The standard InChI is InChI=1S/C23H31N9O/c1-14(2)18-12-20(30-29-18)27-21-16-6-4-7-17(16)26-23(28-21)32-11-5-8-19(32)22(33)24-13-15-9-10-25-31(15)3/h9-10,12,14,19H,4-8,11,13H2,1-3H3,(H,24,33)(H2,26,27,28,29,30). The third-order valence-electron chi connectivity index (χ3n) is 6.57. The molecule has 1 amide bonds. The van der Waals surface area contributed by atoms with E-state index in [9.17, 15) is 4.79 Å². The zero-order valence-electron chi connectivity index (χ0n) is 19.4. The number of nitrogens with one attached hydrogen (secondary N) is 3. The molecule has 3 aromatic heterocycles. The van der Waals surface area contributed by atoms with Crippen LogP contribution < -0.4 is 15.5 Å². The number of nitrogens with zero attached hydrogens (tertiary/aromatic N) is 6. The van der Waals surface area contributed by atoms with Gasteiger partial charge in [-0.3, -0.25) is 14.6 Å². The highest BCUT2D eigenvalue weighted by molar-refractivity contribution is 5.85. The van der Waals surface area contributed by atoms with Crippen molar-refractivity contribution in [3.63, 3.8) is 0 Å². The summed E-state index contributed by atoms with van der Waals surface area (Å²) in [5, 5.41) is 18.1. The van der Waals surface area contributed by atoms with Gasteiger partial charge in [0.2, 0.25) is 11.9 Å². The molecule has 4 heterocycles. The Kier molecular flexibility index (Phi) is 5.74. The molecule has 1 aliphatic heterocycles. The van der Waals surface area contributed by atoms with Gasteiger partial charge in [0.05, 0.1) is 17.9 Å². The number of hydrogen-bond donors (Lipinski definition) is 3. The second kappa shape index (κ2) is 8.84. The van der Waals surface area contributed by atoms with Gasteiger partial charge in [0, 0.05) is 37.1 Å². The molecule has 2 aliphatic rings. The minimum absolute atomic E-state index is 0.00110. The van der Waals surface area contributed by atoms with Crippen molar-refractivity contribution >= 4 is 23.5 Å². The van der Waals surface area contributed by atoms with Crippen molar-refractivity contribution in [2.75, 3.05) is 16.8 Å². The Morgan fingerprint density at radius 1 is 1.27 bits per heavy atom. The van der Waals surface area contributed by atoms with E-state index in [0.29, 0.717) is 18.4 Å². The highest BCUT2D eigenvalue weighted by Gasteiger charge is 2.34. The van der Waals surface area contributed by atoms with Crippen LogP contribution in [0.3, 0.4) is 0 Å². The first-order valence-electron chi connectivity index (χ1n) is 11.7. The lowest BCUT2D eigenvalue weighted by Gasteiger charge is -2.25. The van der Waals surface area contributed by atoms with Gasteiger partial charge >= 0.3 is 0 Å². The summed E-state index contributed by atoms with van der Waals surface area (Å²) in [6.45, 7) is 5.48. The van der Waals surface area contributed by atoms with E-state index in [-0.39, 0.29) is 11.9 Å². The van der Waals surface area contributed by atoms with Crippen molar-refractivity contribution in [3.8, 4) is 0 Å². The number of aromatic amines is 1. The molecule has 10 heteroatoms. The van der Waals surface area contributed by atoms with Gasteiger partial charge in [0.15, 0.2) is 5.82 Å². The maximum atomic E-state index is 13.0. The fourth-order valence-corrected chi connectivity index (χ4v) is 4.62. The number of aryl methyl sites for hydroxylation is 2. The third-order valence-corrected chi connectivity index (χ3v) is 6.57. The first-order valence-corrected chi connectivity index (χ1v) is 11.7. The van der Waals surface area contributed by atoms with Crippen molar-refractivity contribution in [1.82, 2.24) is 35.3 Å². The number of aromatic nitrogens is 6. The fourth-order valence-electron chi connectivity index (χ4n) is 4.62. The third kappa shape index (κ3) is 4.29. The number of amides is 1. The number of anilines is 3. The Balaban J connectivity index is 1.37. The van der Waals surface area contributed by atoms with E-state index in [1.807, 2.05) is 24.1 Å². The molecule has 10 nitrogen and oxygen atoms in total. The van der Waals surface area contributed by atoms with Crippen LogP contribution in [0, 0.1) is 0 Å². The molecular weight excluding hydrogens is 418 g/mol. The predicted octanol–water partition coefficient (Wildman–Crippen LogP) is 2.57. The minimum Gasteiger partial charge on any atom is -0.349 e. The quantitative estimate of drug-likeness (QED) is 0.507. The SMILES string of the molecule is CC(C)c1cc(Nc2nc(N3CCCC3C(=O)NCc3ccnn3C)nc3c2CCC3)n[nH]1. The lowest BCUT2D eigenvalue weighted by Crippen LogP contribution is -2.44. The van der Waals surface area contributed by atoms with Crippen molar-refractivity contribution in [2.45, 2.75) is 64.5 Å². The first-order chi connectivity index (χ1) is 16.0. The monoisotopic (exact) mass is 449 g/mol. The summed E-state index contributed by atoms with van der Waals surface area (Å²) in [5.41, 5.74) is 4.27. The average Bonchev–Trinajstić information content (AvgIpc) is 3.58. The van der Waals surface area contributed by atoms with E-state index in [2.05, 4.69) is 39.8 Å². The van der Waals surface area contributed by atoms with Crippen LogP contribution in [-0.2, 0) is 31.2 Å². The molecule has 3 aromatic rings. The first kappa shape index (κ1) is 21.4. The molecule has 1 saturated heterocycles. The van der Waals surface area contributed by atoms with Crippen LogP contribution in [0.1, 0.15) is 61.7 Å². The van der Waals surface area contributed by atoms with Gasteiger partial charge in [-0.2, -0.15) is 15.2 Å². The van der Waals surface area contributed by atoms with E-state index in [1.165, 1.54) is 0 Å². The van der Waals surface area contributed by atoms with E-state index in [4.69, 9.17) is 9.97 Å². The second-order valence-electron chi connectivity index (χ2n) is 9.15. The Morgan fingerprint density at radius 2 is 2.15 bits per heavy atom. The van der Waals surface area contributed by atoms with Crippen LogP contribution >= 0.6 is 0 Å². The fraction of sp³-hybridized carbons (Fsp3) is 0.522. The molecule has 1 aliphatic carbocycles. The molecule has 0 bridgehead atoms. The molecule has 5 rings (SSSR count). The van der Waals surface area contributed by atoms with Gasteiger partial charge in [0.25, 0.3) is 0 Å². The molecule has 1 fully saturated rings. The smallest absolute Gasteiger partial charge is 0.243 e. The van der Waals surface area contributed by atoms with Gasteiger partial charge in [-0.1, -0.05) is 13.8 Å². The highest BCUT2D eigenvalue weighted by Crippen LogP contribution is 2.32. The predicted molar refractivity (Wildman–Crippen MR) is 125 cm³/mol. The lowest BCUT2D eigenvalue weighted by molar-refractivity contribution is -0.122. The summed E-state index contributed by atoms with van der Waals surface area (Å²) in [4.78, 5) is 24.9. The molecule has 174 valence electrons. The van der Waals surface area contributed by atoms with Gasteiger partial charge < -0.3 is 15.5 Å². The normalized spacial score (nSPS) is 17.6. The Morgan fingerprint density at radius 3 is 2.91 bits per heavy atom. The molecule has 0 radical (unpaired) electrons. The maximum Gasteiger partial charge on any atom is 0.243 e. The van der Waals surface area contributed by atoms with Crippen molar-refractivity contribution < 1.29 is 4.79 Å².